The molecule has 0 heterocycles. The Morgan fingerprint density at radius 3 is 1.60 bits per heavy atom. The van der Waals surface area contributed by atoms with Gasteiger partial charge in [-0.1, -0.05) is 23.2 Å². The molecule has 2 atom stereocenters. The van der Waals surface area contributed by atoms with Gasteiger partial charge < -0.3 is 33.3 Å². The van der Waals surface area contributed by atoms with Gasteiger partial charge in [0, 0.05) is 6.66 Å². The van der Waals surface area contributed by atoms with Crippen LogP contribution in [0.25, 0.3) is 0 Å². The van der Waals surface area contributed by atoms with Crippen LogP contribution in [0.4, 0.5) is 0 Å². The number of alkyl halides is 2. The van der Waals surface area contributed by atoms with Crippen LogP contribution in [-0.4, -0.2) is 10.5 Å². The average molecular weight is 319 g/mol. The fourth-order valence-electron chi connectivity index (χ4n) is 0.394. The maximum Gasteiger partial charge on any atom is 0.206 e. The quantitative estimate of drug-likeness (QED) is 0.460. The van der Waals surface area contributed by atoms with Gasteiger partial charge in [0.1, 0.15) is 7.60 Å². The summed E-state index contributed by atoms with van der Waals surface area (Å²) in [4.78, 5) is 42.1. The van der Waals surface area contributed by atoms with Gasteiger partial charge >= 0.3 is 0 Å². The third-order valence-corrected chi connectivity index (χ3v) is 8.23. The molecular weight excluding hydrogens is 316 g/mol. The van der Waals surface area contributed by atoms with Crippen LogP contribution in [-0.2, 0) is 18.0 Å². The summed E-state index contributed by atoms with van der Waals surface area (Å²) in [6.07, 6.45) is 0. The van der Waals surface area contributed by atoms with Crippen molar-refractivity contribution in [2.24, 2.45) is 0 Å². The second-order valence-corrected chi connectivity index (χ2v) is 10.6. The maximum absolute atomic E-state index is 10.9. The molecule has 0 amide bonds. The lowest BCUT2D eigenvalue weighted by Gasteiger charge is -2.47. The van der Waals surface area contributed by atoms with Crippen molar-refractivity contribution < 1.29 is 37.6 Å². The Balaban J connectivity index is 5.32. The Labute approximate surface area is 94.4 Å². The zero-order chi connectivity index (χ0) is 12.7. The Bertz CT molecular complexity index is 377. The topological polar surface area (TPSA) is 153 Å². The lowest BCUT2D eigenvalue weighted by Crippen LogP contribution is -2.34. The smallest absolute Gasteiger partial charge is 0.206 e. The van der Waals surface area contributed by atoms with E-state index in [0.29, 0.717) is 6.66 Å². The molecule has 0 aromatic carbocycles. The van der Waals surface area contributed by atoms with E-state index in [9.17, 15) is 33.3 Å². The molecule has 2 unspecified atom stereocenters. The Morgan fingerprint density at radius 1 is 1.07 bits per heavy atom. The largest absolute Gasteiger partial charge is 0.808 e. The first-order chi connectivity index (χ1) is 6.21. The van der Waals surface area contributed by atoms with Crippen molar-refractivity contribution in [3.05, 3.63) is 0 Å². The molecule has 15 heavy (non-hydrogen) atoms. The fourth-order valence-corrected chi connectivity index (χ4v) is 4.43. The molecule has 0 saturated carbocycles. The predicted molar refractivity (Wildman–Crippen MR) is 44.3 cm³/mol. The van der Waals surface area contributed by atoms with Crippen molar-refractivity contribution in [3.8, 4) is 0 Å². The van der Waals surface area contributed by atoms with Crippen LogP contribution in [0, 0.1) is 0 Å². The SMILES string of the molecule is CP(=O)([O-])OP(=O)([O-])C(Cl)(Cl)P(=O)([O-])[O-]. The monoisotopic (exact) mass is 318 g/mol. The van der Waals surface area contributed by atoms with E-state index in [0.717, 1.165) is 0 Å². The van der Waals surface area contributed by atoms with Gasteiger partial charge in [0.2, 0.25) is 3.82 Å². The lowest BCUT2D eigenvalue weighted by atomic mass is 11.8. The molecule has 0 aliphatic rings. The molecule has 0 aromatic heterocycles. The maximum atomic E-state index is 10.9. The van der Waals surface area contributed by atoms with Crippen LogP contribution < -0.4 is 19.6 Å². The second-order valence-electron chi connectivity index (χ2n) is 2.36. The summed E-state index contributed by atoms with van der Waals surface area (Å²) >= 11 is 9.45. The molecule has 0 radical (unpaired) electrons. The summed E-state index contributed by atoms with van der Waals surface area (Å²) < 4.78 is 31.2. The third-order valence-electron chi connectivity index (χ3n) is 0.915. The van der Waals surface area contributed by atoms with E-state index in [1.807, 2.05) is 0 Å². The first kappa shape index (κ1) is 16.1. The molecule has 0 saturated heterocycles. The van der Waals surface area contributed by atoms with E-state index in [1.165, 1.54) is 0 Å². The summed E-state index contributed by atoms with van der Waals surface area (Å²) in [5.41, 5.74) is 0. The van der Waals surface area contributed by atoms with E-state index in [-0.39, 0.29) is 0 Å². The van der Waals surface area contributed by atoms with Gasteiger partial charge in [-0.2, -0.15) is 0 Å². The lowest BCUT2D eigenvalue weighted by molar-refractivity contribution is -0.315. The Hall–Kier alpha value is 1.07. The first-order valence-corrected chi connectivity index (χ1v) is 8.75. The van der Waals surface area contributed by atoms with E-state index < -0.39 is 26.6 Å². The van der Waals surface area contributed by atoms with Crippen LogP contribution >= 0.6 is 46.0 Å². The molecule has 92 valence electrons. The normalized spacial score (nSPS) is 21.8. The van der Waals surface area contributed by atoms with Crippen molar-refractivity contribution in [3.63, 3.8) is 0 Å². The van der Waals surface area contributed by atoms with Crippen molar-refractivity contribution >= 4 is 46.0 Å². The van der Waals surface area contributed by atoms with Crippen molar-refractivity contribution in [1.29, 1.82) is 0 Å². The van der Waals surface area contributed by atoms with Gasteiger partial charge in [0.25, 0.3) is 0 Å². The van der Waals surface area contributed by atoms with Crippen LogP contribution in [0.15, 0.2) is 0 Å². The van der Waals surface area contributed by atoms with Crippen molar-refractivity contribution in [2.75, 3.05) is 6.66 Å². The highest BCUT2D eigenvalue weighted by molar-refractivity contribution is 7.80. The number of halogens is 2. The van der Waals surface area contributed by atoms with Crippen LogP contribution in [0.3, 0.4) is 0 Å². The summed E-state index contributed by atoms with van der Waals surface area (Å²) in [5, 5.41) is 0. The third kappa shape index (κ3) is 4.10. The summed E-state index contributed by atoms with van der Waals surface area (Å²) in [7, 11) is -16.7. The number of hydrogen-bond acceptors (Lipinski definition) is 8. The number of hydrogen-bond donors (Lipinski definition) is 0. The van der Waals surface area contributed by atoms with Crippen molar-refractivity contribution in [2.45, 2.75) is 3.82 Å². The molecule has 0 bridgehead atoms. The van der Waals surface area contributed by atoms with Gasteiger partial charge in [-0.05, 0) is 7.60 Å². The minimum absolute atomic E-state index is 0.335. The van der Waals surface area contributed by atoms with Gasteiger partial charge in [-0.15, -0.1) is 0 Å². The Kier molecular flexibility index (Phi) is 4.70. The molecule has 0 aliphatic carbocycles. The van der Waals surface area contributed by atoms with E-state index in [1.54, 1.807) is 0 Å². The summed E-state index contributed by atoms with van der Waals surface area (Å²) in [5.74, 6) is 0. The fraction of sp³-hybridized carbons (Fsp3) is 1.00. The average Bonchev–Trinajstić information content (AvgIpc) is 1.77. The highest BCUT2D eigenvalue weighted by Crippen LogP contribution is 2.73. The predicted octanol–water partition coefficient (Wildman–Crippen LogP) is -1.26. The van der Waals surface area contributed by atoms with Gasteiger partial charge in [0.05, 0.1) is 0 Å². The zero-order valence-electron chi connectivity index (χ0n) is 6.86. The summed E-state index contributed by atoms with van der Waals surface area (Å²) in [6, 6.07) is 0. The first-order valence-electron chi connectivity index (χ1n) is 2.92. The van der Waals surface area contributed by atoms with Crippen LogP contribution in [0.1, 0.15) is 0 Å². The summed E-state index contributed by atoms with van der Waals surface area (Å²) in [6.45, 7) is 0.335. The van der Waals surface area contributed by atoms with E-state index >= 15 is 0 Å². The van der Waals surface area contributed by atoms with E-state index in [2.05, 4.69) is 4.31 Å². The van der Waals surface area contributed by atoms with Gasteiger partial charge in [-0.25, -0.2) is 0 Å². The molecule has 0 fully saturated rings. The van der Waals surface area contributed by atoms with Gasteiger partial charge in [-0.3, -0.25) is 4.31 Å². The molecule has 0 aliphatic heterocycles. The molecular formula is C2H3Cl2O8P3-4. The minimum Gasteiger partial charge on any atom is -0.808 e. The second kappa shape index (κ2) is 4.39. The van der Waals surface area contributed by atoms with E-state index in [4.69, 9.17) is 23.2 Å². The molecule has 0 N–H and O–H groups in total. The number of rotatable bonds is 4. The zero-order valence-corrected chi connectivity index (χ0v) is 11.1. The Morgan fingerprint density at radius 2 is 1.40 bits per heavy atom. The van der Waals surface area contributed by atoms with Crippen LogP contribution in [0.2, 0.25) is 0 Å². The minimum atomic E-state index is -6.01. The molecule has 13 heteroatoms. The molecule has 8 nitrogen and oxygen atoms in total. The standard InChI is InChI=1S/C2H7Cl2O8P3/c1-13(5,6)12-15(10,11)2(3,4)14(7,8)9/h1H3,(H,5,6)(H,10,11)(H2,7,8,9)/p-4. The van der Waals surface area contributed by atoms with Gasteiger partial charge in [0.15, 0.2) is 7.60 Å². The molecule has 0 aromatic rings. The highest BCUT2D eigenvalue weighted by atomic mass is 35.5. The van der Waals surface area contributed by atoms with Crippen LogP contribution in [0.5, 0.6) is 0 Å². The van der Waals surface area contributed by atoms with Crippen molar-refractivity contribution in [1.82, 2.24) is 0 Å². The highest BCUT2D eigenvalue weighted by Gasteiger charge is 2.43. The molecule has 0 rings (SSSR count). The molecule has 0 spiro atoms.